The van der Waals surface area contributed by atoms with Crippen molar-refractivity contribution in [3.63, 3.8) is 0 Å². The van der Waals surface area contributed by atoms with Crippen molar-refractivity contribution in [2.45, 2.75) is 58.0 Å². The molecule has 2 unspecified atom stereocenters. The average Bonchev–Trinajstić information content (AvgIpc) is 2.29. The Balaban J connectivity index is 1.92. The first kappa shape index (κ1) is 12.6. The summed E-state index contributed by atoms with van der Waals surface area (Å²) in [7, 11) is 0. The summed E-state index contributed by atoms with van der Waals surface area (Å²) in [5.41, 5.74) is 0.0762. The molecule has 0 spiro atoms. The van der Waals surface area contributed by atoms with Crippen LogP contribution in [0.15, 0.2) is 12.2 Å². The SMILES string of the molecule is CC1(C)CCCNC1C(=O)NC1CC=CCC1. The summed E-state index contributed by atoms with van der Waals surface area (Å²) in [5, 5.41) is 6.56. The van der Waals surface area contributed by atoms with Crippen LogP contribution in [0.1, 0.15) is 46.0 Å². The molecule has 1 aliphatic heterocycles. The Labute approximate surface area is 104 Å². The molecule has 2 aliphatic rings. The zero-order valence-electron chi connectivity index (χ0n) is 11.0. The fourth-order valence-electron chi connectivity index (χ4n) is 2.87. The van der Waals surface area contributed by atoms with Crippen molar-refractivity contribution >= 4 is 5.91 Å². The number of rotatable bonds is 2. The molecule has 0 bridgehead atoms. The first-order valence-electron chi connectivity index (χ1n) is 6.78. The van der Waals surface area contributed by atoms with E-state index in [1.54, 1.807) is 0 Å². The van der Waals surface area contributed by atoms with Gasteiger partial charge >= 0.3 is 0 Å². The van der Waals surface area contributed by atoms with Gasteiger partial charge in [-0.2, -0.15) is 0 Å². The van der Waals surface area contributed by atoms with Crippen molar-refractivity contribution in [3.8, 4) is 0 Å². The van der Waals surface area contributed by atoms with Crippen LogP contribution in [0.3, 0.4) is 0 Å². The van der Waals surface area contributed by atoms with Crippen molar-refractivity contribution < 1.29 is 4.79 Å². The Morgan fingerprint density at radius 3 is 2.88 bits per heavy atom. The molecule has 2 atom stereocenters. The van der Waals surface area contributed by atoms with Gasteiger partial charge < -0.3 is 10.6 Å². The normalized spacial score (nSPS) is 32.1. The maximum absolute atomic E-state index is 12.3. The maximum Gasteiger partial charge on any atom is 0.237 e. The van der Waals surface area contributed by atoms with Crippen molar-refractivity contribution in [1.82, 2.24) is 10.6 Å². The smallest absolute Gasteiger partial charge is 0.237 e. The highest BCUT2D eigenvalue weighted by atomic mass is 16.2. The third-order valence-electron chi connectivity index (χ3n) is 4.01. The van der Waals surface area contributed by atoms with E-state index in [4.69, 9.17) is 0 Å². The van der Waals surface area contributed by atoms with Crippen molar-refractivity contribution in [1.29, 1.82) is 0 Å². The fraction of sp³-hybridized carbons (Fsp3) is 0.786. The molecule has 96 valence electrons. The van der Waals surface area contributed by atoms with Crippen LogP contribution in [-0.2, 0) is 4.79 Å². The highest BCUT2D eigenvalue weighted by molar-refractivity contribution is 5.83. The molecule has 3 heteroatoms. The molecule has 17 heavy (non-hydrogen) atoms. The second-order valence-corrected chi connectivity index (χ2v) is 5.97. The number of carbonyl (C=O) groups is 1. The van der Waals surface area contributed by atoms with Crippen molar-refractivity contribution in [2.24, 2.45) is 5.41 Å². The molecular weight excluding hydrogens is 212 g/mol. The van der Waals surface area contributed by atoms with E-state index in [1.807, 2.05) is 0 Å². The van der Waals surface area contributed by atoms with E-state index in [0.29, 0.717) is 6.04 Å². The van der Waals surface area contributed by atoms with Crippen LogP contribution in [0, 0.1) is 5.41 Å². The third kappa shape index (κ3) is 3.09. The first-order chi connectivity index (χ1) is 8.09. The second-order valence-electron chi connectivity index (χ2n) is 5.97. The number of allylic oxidation sites excluding steroid dienone is 1. The van der Waals surface area contributed by atoms with Gasteiger partial charge in [-0.3, -0.25) is 4.79 Å². The molecule has 0 saturated carbocycles. The number of hydrogen-bond acceptors (Lipinski definition) is 2. The van der Waals surface area contributed by atoms with Gasteiger partial charge in [0.1, 0.15) is 0 Å². The lowest BCUT2D eigenvalue weighted by Gasteiger charge is -2.39. The van der Waals surface area contributed by atoms with Gasteiger partial charge in [-0.25, -0.2) is 0 Å². The van der Waals surface area contributed by atoms with Gasteiger partial charge in [0.15, 0.2) is 0 Å². The first-order valence-corrected chi connectivity index (χ1v) is 6.78. The van der Waals surface area contributed by atoms with Gasteiger partial charge in [-0.05, 0) is 44.1 Å². The van der Waals surface area contributed by atoms with Crippen LogP contribution < -0.4 is 10.6 Å². The van der Waals surface area contributed by atoms with E-state index in [1.165, 1.54) is 6.42 Å². The van der Waals surface area contributed by atoms with E-state index in [9.17, 15) is 4.79 Å². The molecule has 0 aromatic heterocycles. The highest BCUT2D eigenvalue weighted by Gasteiger charge is 2.37. The summed E-state index contributed by atoms with van der Waals surface area (Å²) in [6, 6.07) is 0.314. The van der Waals surface area contributed by atoms with Gasteiger partial charge in [0.2, 0.25) is 5.91 Å². The fourth-order valence-corrected chi connectivity index (χ4v) is 2.87. The average molecular weight is 236 g/mol. The van der Waals surface area contributed by atoms with E-state index in [2.05, 4.69) is 36.6 Å². The molecule has 1 saturated heterocycles. The van der Waals surface area contributed by atoms with Gasteiger partial charge in [-0.1, -0.05) is 26.0 Å². The molecule has 1 aliphatic carbocycles. The predicted octanol–water partition coefficient (Wildman–Crippen LogP) is 1.99. The molecule has 1 heterocycles. The lowest BCUT2D eigenvalue weighted by molar-refractivity contribution is -0.127. The third-order valence-corrected chi connectivity index (χ3v) is 4.01. The molecule has 1 fully saturated rings. The van der Waals surface area contributed by atoms with Crippen LogP contribution in [0.4, 0.5) is 0 Å². The minimum absolute atomic E-state index is 0.0258. The lowest BCUT2D eigenvalue weighted by Crippen LogP contribution is -2.57. The van der Waals surface area contributed by atoms with Crippen molar-refractivity contribution in [2.75, 3.05) is 6.54 Å². The van der Waals surface area contributed by atoms with E-state index in [0.717, 1.165) is 32.2 Å². The lowest BCUT2D eigenvalue weighted by atomic mass is 9.77. The molecule has 0 aromatic rings. The zero-order valence-corrected chi connectivity index (χ0v) is 11.0. The maximum atomic E-state index is 12.3. The Kier molecular flexibility index (Phi) is 3.87. The molecule has 2 rings (SSSR count). The monoisotopic (exact) mass is 236 g/mol. The number of piperidine rings is 1. The predicted molar refractivity (Wildman–Crippen MR) is 69.7 cm³/mol. The number of hydrogen-bond donors (Lipinski definition) is 2. The Bertz CT molecular complexity index is 309. The quantitative estimate of drug-likeness (QED) is 0.720. The van der Waals surface area contributed by atoms with Gasteiger partial charge in [0, 0.05) is 6.04 Å². The van der Waals surface area contributed by atoms with E-state index in [-0.39, 0.29) is 17.4 Å². The molecule has 2 N–H and O–H groups in total. The number of carbonyl (C=O) groups excluding carboxylic acids is 1. The molecular formula is C14H24N2O. The van der Waals surface area contributed by atoms with Gasteiger partial charge in [0.25, 0.3) is 0 Å². The second kappa shape index (κ2) is 5.21. The Morgan fingerprint density at radius 1 is 1.41 bits per heavy atom. The summed E-state index contributed by atoms with van der Waals surface area (Å²) in [6.07, 6.45) is 9.83. The van der Waals surface area contributed by atoms with E-state index < -0.39 is 0 Å². The van der Waals surface area contributed by atoms with E-state index >= 15 is 0 Å². The van der Waals surface area contributed by atoms with Gasteiger partial charge in [-0.15, -0.1) is 0 Å². The van der Waals surface area contributed by atoms with Crippen LogP contribution >= 0.6 is 0 Å². The molecule has 3 nitrogen and oxygen atoms in total. The van der Waals surface area contributed by atoms with Crippen molar-refractivity contribution in [3.05, 3.63) is 12.2 Å². The largest absolute Gasteiger partial charge is 0.352 e. The van der Waals surface area contributed by atoms with Gasteiger partial charge in [0.05, 0.1) is 6.04 Å². The highest BCUT2D eigenvalue weighted by Crippen LogP contribution is 2.30. The summed E-state index contributed by atoms with van der Waals surface area (Å²) < 4.78 is 0. The summed E-state index contributed by atoms with van der Waals surface area (Å²) >= 11 is 0. The topological polar surface area (TPSA) is 41.1 Å². The number of amides is 1. The summed E-state index contributed by atoms with van der Waals surface area (Å²) in [6.45, 7) is 5.33. The van der Waals surface area contributed by atoms with Crippen LogP contribution in [0.2, 0.25) is 0 Å². The summed E-state index contributed by atoms with van der Waals surface area (Å²) in [4.78, 5) is 12.3. The minimum atomic E-state index is -0.0258. The molecule has 0 radical (unpaired) electrons. The molecule has 1 amide bonds. The molecule has 0 aromatic carbocycles. The summed E-state index contributed by atoms with van der Waals surface area (Å²) in [5.74, 6) is 0.190. The standard InChI is InChI=1S/C14H24N2O/c1-14(2)9-6-10-15-12(14)13(17)16-11-7-4-3-5-8-11/h3-4,11-12,15H,5-10H2,1-2H3,(H,16,17). The Hall–Kier alpha value is -0.830. The van der Waals surface area contributed by atoms with Crippen LogP contribution in [0.25, 0.3) is 0 Å². The Morgan fingerprint density at radius 2 is 2.24 bits per heavy atom. The number of nitrogens with one attached hydrogen (secondary N) is 2. The minimum Gasteiger partial charge on any atom is -0.352 e. The van der Waals surface area contributed by atoms with Crippen LogP contribution in [0.5, 0.6) is 0 Å². The van der Waals surface area contributed by atoms with Crippen LogP contribution in [-0.4, -0.2) is 24.5 Å². The zero-order chi connectivity index (χ0) is 12.3.